The number of rotatable bonds is 3. The first-order valence-electron chi connectivity index (χ1n) is 6.50. The first-order valence-corrected chi connectivity index (χ1v) is 8.22. The van der Waals surface area contributed by atoms with Gasteiger partial charge in [-0.15, -0.1) is 0 Å². The van der Waals surface area contributed by atoms with Gasteiger partial charge in [0.05, 0.1) is 0 Å². The summed E-state index contributed by atoms with van der Waals surface area (Å²) >= 11 is 6.02. The van der Waals surface area contributed by atoms with Crippen molar-refractivity contribution >= 4 is 35.4 Å². The summed E-state index contributed by atoms with van der Waals surface area (Å²) < 4.78 is 0. The molecule has 3 aromatic carbocycles. The molecule has 0 saturated heterocycles. The monoisotopic (exact) mass is 296 g/mol. The molecule has 98 valence electrons. The molecule has 0 unspecified atom stereocenters. The van der Waals surface area contributed by atoms with Crippen LogP contribution in [0.5, 0.6) is 0 Å². The van der Waals surface area contributed by atoms with Crippen molar-refractivity contribution in [2.24, 2.45) is 0 Å². The van der Waals surface area contributed by atoms with Crippen molar-refractivity contribution < 1.29 is 0 Å². The van der Waals surface area contributed by atoms with Gasteiger partial charge in [-0.3, -0.25) is 0 Å². The number of hydrogen-bond donors (Lipinski definition) is 0. The molecule has 0 atom stereocenters. The lowest BCUT2D eigenvalue weighted by atomic mass is 10.4. The van der Waals surface area contributed by atoms with E-state index in [9.17, 15) is 0 Å². The van der Waals surface area contributed by atoms with E-state index in [0.717, 1.165) is 5.02 Å². The van der Waals surface area contributed by atoms with Crippen LogP contribution in [0, 0.1) is 0 Å². The van der Waals surface area contributed by atoms with Crippen molar-refractivity contribution in [2.45, 2.75) is 0 Å². The van der Waals surface area contributed by atoms with E-state index in [0.29, 0.717) is 0 Å². The fourth-order valence-electron chi connectivity index (χ4n) is 2.19. The summed E-state index contributed by atoms with van der Waals surface area (Å²) in [6, 6.07) is 29.5. The third-order valence-electron chi connectivity index (χ3n) is 3.11. The van der Waals surface area contributed by atoms with E-state index >= 15 is 0 Å². The zero-order chi connectivity index (χ0) is 13.8. The normalized spacial score (nSPS) is 10.7. The van der Waals surface area contributed by atoms with Crippen molar-refractivity contribution in [2.75, 3.05) is 0 Å². The summed E-state index contributed by atoms with van der Waals surface area (Å²) in [6.45, 7) is 0. The van der Waals surface area contributed by atoms with Crippen molar-refractivity contribution in [1.82, 2.24) is 0 Å². The van der Waals surface area contributed by atoms with Crippen molar-refractivity contribution in [3.05, 3.63) is 90.0 Å². The van der Waals surface area contributed by atoms with Gasteiger partial charge in [0.15, 0.2) is 0 Å². The Balaban J connectivity index is 2.11. The summed E-state index contributed by atoms with van der Waals surface area (Å²) in [5.41, 5.74) is 0. The smallest absolute Gasteiger partial charge is 0.0406 e. The Morgan fingerprint density at radius 1 is 0.500 bits per heavy atom. The van der Waals surface area contributed by atoms with Crippen LogP contribution in [0.2, 0.25) is 5.02 Å². The second-order valence-corrected chi connectivity index (χ2v) is 7.14. The van der Waals surface area contributed by atoms with Gasteiger partial charge in [0.25, 0.3) is 0 Å². The van der Waals surface area contributed by atoms with Crippen LogP contribution in [0.4, 0.5) is 0 Å². The minimum absolute atomic E-state index is 0.517. The fraction of sp³-hybridized carbons (Fsp3) is 0. The minimum Gasteiger partial charge on any atom is -0.0843 e. The van der Waals surface area contributed by atoms with Gasteiger partial charge in [0.1, 0.15) is 0 Å². The van der Waals surface area contributed by atoms with Crippen molar-refractivity contribution in [1.29, 1.82) is 0 Å². The molecule has 0 aliphatic rings. The molecule has 0 amide bonds. The van der Waals surface area contributed by atoms with Crippen LogP contribution in [0.15, 0.2) is 84.9 Å². The number of halogens is 1. The third kappa shape index (κ3) is 2.93. The van der Waals surface area contributed by atoms with Crippen LogP contribution in [-0.4, -0.2) is 0 Å². The van der Waals surface area contributed by atoms with Gasteiger partial charge in [0, 0.05) is 5.02 Å². The maximum absolute atomic E-state index is 6.02. The lowest BCUT2D eigenvalue weighted by Gasteiger charge is -2.19. The van der Waals surface area contributed by atoms with Crippen LogP contribution in [0.1, 0.15) is 0 Å². The Morgan fingerprint density at radius 3 is 1.35 bits per heavy atom. The average molecular weight is 297 g/mol. The third-order valence-corrected chi connectivity index (χ3v) is 5.81. The Labute approximate surface area is 125 Å². The first-order chi connectivity index (χ1) is 9.84. The van der Waals surface area contributed by atoms with Gasteiger partial charge in [-0.2, -0.15) is 0 Å². The summed E-state index contributed by atoms with van der Waals surface area (Å²) in [5.74, 6) is 0. The van der Waals surface area contributed by atoms with E-state index in [1.165, 1.54) is 15.9 Å². The van der Waals surface area contributed by atoms with E-state index in [2.05, 4.69) is 72.8 Å². The zero-order valence-corrected chi connectivity index (χ0v) is 12.6. The molecular weight excluding hydrogens is 283 g/mol. The zero-order valence-electron chi connectivity index (χ0n) is 10.9. The van der Waals surface area contributed by atoms with Crippen molar-refractivity contribution in [3.8, 4) is 0 Å². The molecule has 0 bridgehead atoms. The molecule has 2 heteroatoms. The summed E-state index contributed by atoms with van der Waals surface area (Å²) in [6.07, 6.45) is 0. The molecule has 0 heterocycles. The maximum atomic E-state index is 6.02. The predicted octanol–water partition coefficient (Wildman–Crippen LogP) is 4.10. The molecule has 0 aliphatic heterocycles. The maximum Gasteiger partial charge on any atom is 0.0406 e. The molecule has 3 aromatic rings. The highest BCUT2D eigenvalue weighted by Crippen LogP contribution is 2.32. The van der Waals surface area contributed by atoms with E-state index in [-0.39, 0.29) is 0 Å². The van der Waals surface area contributed by atoms with E-state index in [1.807, 2.05) is 12.1 Å². The minimum atomic E-state index is -0.517. The van der Waals surface area contributed by atoms with Gasteiger partial charge < -0.3 is 0 Å². The average Bonchev–Trinajstić information content (AvgIpc) is 2.52. The van der Waals surface area contributed by atoms with Crippen LogP contribution < -0.4 is 15.9 Å². The molecule has 0 saturated carbocycles. The van der Waals surface area contributed by atoms with E-state index < -0.39 is 7.92 Å². The van der Waals surface area contributed by atoms with Crippen molar-refractivity contribution in [3.63, 3.8) is 0 Å². The lowest BCUT2D eigenvalue weighted by molar-refractivity contribution is 1.73. The molecule has 0 radical (unpaired) electrons. The lowest BCUT2D eigenvalue weighted by Crippen LogP contribution is -2.20. The quantitative estimate of drug-likeness (QED) is 0.638. The number of benzene rings is 3. The highest BCUT2D eigenvalue weighted by Gasteiger charge is 2.15. The molecule has 0 aromatic heterocycles. The topological polar surface area (TPSA) is 0 Å². The van der Waals surface area contributed by atoms with Crippen LogP contribution >= 0.6 is 19.5 Å². The second kappa shape index (κ2) is 6.22. The SMILES string of the molecule is Clc1ccc(P(c2ccccc2)c2ccccc2)cc1. The molecular formula is C18H14ClP. The molecule has 0 nitrogen and oxygen atoms in total. The van der Waals surface area contributed by atoms with Crippen LogP contribution in [0.3, 0.4) is 0 Å². The molecule has 3 rings (SSSR count). The number of hydrogen-bond acceptors (Lipinski definition) is 0. The molecule has 0 aliphatic carbocycles. The molecule has 0 fully saturated rings. The molecule has 0 N–H and O–H groups in total. The Hall–Kier alpha value is -1.62. The summed E-state index contributed by atoms with van der Waals surface area (Å²) in [7, 11) is -0.517. The van der Waals surface area contributed by atoms with Crippen LogP contribution in [-0.2, 0) is 0 Å². The fourth-order valence-corrected chi connectivity index (χ4v) is 4.60. The van der Waals surface area contributed by atoms with Gasteiger partial charge in [-0.25, -0.2) is 0 Å². The Kier molecular flexibility index (Phi) is 4.16. The summed E-state index contributed by atoms with van der Waals surface area (Å²) in [5, 5.41) is 4.82. The van der Waals surface area contributed by atoms with E-state index in [1.54, 1.807) is 0 Å². The van der Waals surface area contributed by atoms with Crippen LogP contribution in [0.25, 0.3) is 0 Å². The highest BCUT2D eigenvalue weighted by molar-refractivity contribution is 7.79. The Bertz CT molecular complexity index is 623. The largest absolute Gasteiger partial charge is 0.0843 e. The molecule has 0 spiro atoms. The Morgan fingerprint density at radius 2 is 0.900 bits per heavy atom. The summed E-state index contributed by atoms with van der Waals surface area (Å²) in [4.78, 5) is 0. The highest BCUT2D eigenvalue weighted by atomic mass is 35.5. The van der Waals surface area contributed by atoms with Gasteiger partial charge in [-0.05, 0) is 36.0 Å². The second-order valence-electron chi connectivity index (χ2n) is 4.48. The predicted molar refractivity (Wildman–Crippen MR) is 90.2 cm³/mol. The van der Waals surface area contributed by atoms with Gasteiger partial charge in [0.2, 0.25) is 0 Å². The molecule has 20 heavy (non-hydrogen) atoms. The van der Waals surface area contributed by atoms with Gasteiger partial charge >= 0.3 is 0 Å². The van der Waals surface area contributed by atoms with Gasteiger partial charge in [-0.1, -0.05) is 84.4 Å². The first kappa shape index (κ1) is 13.4. The van der Waals surface area contributed by atoms with E-state index in [4.69, 9.17) is 11.6 Å². The standard InChI is InChI=1S/C18H14ClP/c19-15-11-13-18(14-12-15)20(16-7-3-1-4-8-16)17-9-5-2-6-10-17/h1-14H.